The minimum atomic E-state index is 0.640. The second kappa shape index (κ2) is 6.18. The molecule has 17 heavy (non-hydrogen) atoms. The first kappa shape index (κ1) is 12.6. The van der Waals surface area contributed by atoms with Gasteiger partial charge in [0.2, 0.25) is 0 Å². The number of hydrogen-bond acceptors (Lipinski definition) is 2. The van der Waals surface area contributed by atoms with Crippen LogP contribution >= 0.6 is 0 Å². The lowest BCUT2D eigenvalue weighted by atomic mass is 10.1. The summed E-state index contributed by atoms with van der Waals surface area (Å²) >= 11 is 0. The molecule has 1 aliphatic rings. The molecule has 2 rings (SSSR count). The van der Waals surface area contributed by atoms with Crippen molar-refractivity contribution in [3.63, 3.8) is 0 Å². The molecule has 1 aromatic carbocycles. The predicted molar refractivity (Wildman–Crippen MR) is 73.3 cm³/mol. The fourth-order valence-corrected chi connectivity index (χ4v) is 2.21. The third-order valence-corrected chi connectivity index (χ3v) is 3.65. The van der Waals surface area contributed by atoms with E-state index in [-0.39, 0.29) is 0 Å². The lowest BCUT2D eigenvalue weighted by molar-refractivity contribution is 0.515. The molecule has 3 atom stereocenters. The second-order valence-corrected chi connectivity index (χ2v) is 5.08. The SMILES string of the molecule is CCC(C)NCCNC1CC1c1ccccc1. The van der Waals surface area contributed by atoms with Gasteiger partial charge in [-0.3, -0.25) is 0 Å². The summed E-state index contributed by atoms with van der Waals surface area (Å²) in [5, 5.41) is 7.13. The Morgan fingerprint density at radius 3 is 2.71 bits per heavy atom. The van der Waals surface area contributed by atoms with Crippen molar-refractivity contribution >= 4 is 0 Å². The number of benzene rings is 1. The summed E-state index contributed by atoms with van der Waals surface area (Å²) in [5.41, 5.74) is 1.49. The predicted octanol–water partition coefficient (Wildman–Crippen LogP) is 2.52. The van der Waals surface area contributed by atoms with Gasteiger partial charge in [-0.15, -0.1) is 0 Å². The molecule has 0 aromatic heterocycles. The van der Waals surface area contributed by atoms with E-state index in [0.29, 0.717) is 12.1 Å². The molecule has 0 amide bonds. The summed E-state index contributed by atoms with van der Waals surface area (Å²) in [6.07, 6.45) is 2.50. The van der Waals surface area contributed by atoms with Gasteiger partial charge < -0.3 is 10.6 Å². The zero-order chi connectivity index (χ0) is 12.1. The summed E-state index contributed by atoms with van der Waals surface area (Å²) in [6, 6.07) is 12.2. The first-order valence-electron chi connectivity index (χ1n) is 6.83. The van der Waals surface area contributed by atoms with Crippen LogP contribution in [0.25, 0.3) is 0 Å². The highest BCUT2D eigenvalue weighted by molar-refractivity contribution is 5.27. The van der Waals surface area contributed by atoms with Gasteiger partial charge in [0, 0.05) is 31.1 Å². The van der Waals surface area contributed by atoms with Gasteiger partial charge in [-0.25, -0.2) is 0 Å². The molecular weight excluding hydrogens is 208 g/mol. The van der Waals surface area contributed by atoms with Crippen molar-refractivity contribution in [2.24, 2.45) is 0 Å². The van der Waals surface area contributed by atoms with Gasteiger partial charge in [-0.1, -0.05) is 37.3 Å². The molecular formula is C15H24N2. The van der Waals surface area contributed by atoms with E-state index < -0.39 is 0 Å². The Labute approximate surface area is 105 Å². The molecule has 2 N–H and O–H groups in total. The number of rotatable bonds is 7. The van der Waals surface area contributed by atoms with E-state index in [4.69, 9.17) is 0 Å². The van der Waals surface area contributed by atoms with Crippen molar-refractivity contribution in [3.05, 3.63) is 35.9 Å². The van der Waals surface area contributed by atoms with Crippen molar-refractivity contribution < 1.29 is 0 Å². The molecule has 0 spiro atoms. The molecule has 1 fully saturated rings. The molecule has 1 saturated carbocycles. The summed E-state index contributed by atoms with van der Waals surface area (Å²) in [5.74, 6) is 0.750. The van der Waals surface area contributed by atoms with Crippen LogP contribution < -0.4 is 10.6 Å². The molecule has 2 nitrogen and oxygen atoms in total. The standard InChI is InChI=1S/C15H24N2/c1-3-12(2)16-9-10-17-15-11-14(15)13-7-5-4-6-8-13/h4-8,12,14-17H,3,9-11H2,1-2H3. The Bertz CT molecular complexity index is 323. The summed E-state index contributed by atoms with van der Waals surface area (Å²) in [6.45, 7) is 6.62. The smallest absolute Gasteiger partial charge is 0.0143 e. The van der Waals surface area contributed by atoms with E-state index in [0.717, 1.165) is 19.0 Å². The van der Waals surface area contributed by atoms with Gasteiger partial charge >= 0.3 is 0 Å². The fourth-order valence-electron chi connectivity index (χ4n) is 2.21. The van der Waals surface area contributed by atoms with Crippen LogP contribution in [0.15, 0.2) is 30.3 Å². The molecule has 2 heteroatoms. The van der Waals surface area contributed by atoms with Gasteiger partial charge in [0.15, 0.2) is 0 Å². The minimum Gasteiger partial charge on any atom is -0.313 e. The normalized spacial score (nSPS) is 24.6. The minimum absolute atomic E-state index is 0.640. The van der Waals surface area contributed by atoms with Crippen molar-refractivity contribution in [3.8, 4) is 0 Å². The van der Waals surface area contributed by atoms with E-state index in [1.165, 1.54) is 18.4 Å². The molecule has 0 radical (unpaired) electrons. The first-order valence-corrected chi connectivity index (χ1v) is 6.83. The van der Waals surface area contributed by atoms with Crippen LogP contribution in [-0.2, 0) is 0 Å². The summed E-state index contributed by atoms with van der Waals surface area (Å²) < 4.78 is 0. The Morgan fingerprint density at radius 2 is 2.00 bits per heavy atom. The van der Waals surface area contributed by atoms with Crippen LogP contribution in [-0.4, -0.2) is 25.2 Å². The maximum absolute atomic E-state index is 3.62. The number of hydrogen-bond donors (Lipinski definition) is 2. The zero-order valence-electron chi connectivity index (χ0n) is 10.9. The number of nitrogens with one attached hydrogen (secondary N) is 2. The first-order chi connectivity index (χ1) is 8.31. The zero-order valence-corrected chi connectivity index (χ0v) is 10.9. The van der Waals surface area contributed by atoms with E-state index in [2.05, 4.69) is 54.8 Å². The third kappa shape index (κ3) is 3.83. The molecule has 1 aliphatic carbocycles. The van der Waals surface area contributed by atoms with Crippen LogP contribution in [0.4, 0.5) is 0 Å². The van der Waals surface area contributed by atoms with Gasteiger partial charge in [-0.2, -0.15) is 0 Å². The summed E-state index contributed by atoms with van der Waals surface area (Å²) in [4.78, 5) is 0. The highest BCUT2D eigenvalue weighted by Crippen LogP contribution is 2.40. The fraction of sp³-hybridized carbons (Fsp3) is 0.600. The van der Waals surface area contributed by atoms with Gasteiger partial charge in [0.05, 0.1) is 0 Å². The van der Waals surface area contributed by atoms with E-state index in [1.54, 1.807) is 0 Å². The average molecular weight is 232 g/mol. The molecule has 0 heterocycles. The van der Waals surface area contributed by atoms with Crippen LogP contribution in [0.2, 0.25) is 0 Å². The Balaban J connectivity index is 1.61. The molecule has 3 unspecified atom stereocenters. The van der Waals surface area contributed by atoms with Crippen molar-refractivity contribution in [2.75, 3.05) is 13.1 Å². The molecule has 94 valence electrons. The quantitative estimate of drug-likeness (QED) is 0.706. The highest BCUT2D eigenvalue weighted by atomic mass is 15.0. The largest absolute Gasteiger partial charge is 0.313 e. The van der Waals surface area contributed by atoms with Crippen LogP contribution in [0.1, 0.15) is 38.2 Å². The monoisotopic (exact) mass is 232 g/mol. The van der Waals surface area contributed by atoms with Crippen molar-refractivity contribution in [1.82, 2.24) is 10.6 Å². The van der Waals surface area contributed by atoms with E-state index in [9.17, 15) is 0 Å². The molecule has 0 aliphatic heterocycles. The molecule has 0 saturated heterocycles. The summed E-state index contributed by atoms with van der Waals surface area (Å²) in [7, 11) is 0. The van der Waals surface area contributed by atoms with Crippen molar-refractivity contribution in [2.45, 2.75) is 44.7 Å². The maximum Gasteiger partial charge on any atom is 0.0143 e. The van der Waals surface area contributed by atoms with Gasteiger partial charge in [-0.05, 0) is 25.3 Å². The van der Waals surface area contributed by atoms with Crippen LogP contribution in [0.5, 0.6) is 0 Å². The topological polar surface area (TPSA) is 24.1 Å². The average Bonchev–Trinajstić information content (AvgIpc) is 3.15. The van der Waals surface area contributed by atoms with Gasteiger partial charge in [0.25, 0.3) is 0 Å². The Hall–Kier alpha value is -0.860. The van der Waals surface area contributed by atoms with E-state index >= 15 is 0 Å². The molecule has 1 aromatic rings. The van der Waals surface area contributed by atoms with E-state index in [1.807, 2.05) is 0 Å². The lowest BCUT2D eigenvalue weighted by Gasteiger charge is -2.11. The second-order valence-electron chi connectivity index (χ2n) is 5.08. The Morgan fingerprint density at radius 1 is 1.24 bits per heavy atom. The van der Waals surface area contributed by atoms with Crippen LogP contribution in [0, 0.1) is 0 Å². The van der Waals surface area contributed by atoms with Crippen molar-refractivity contribution in [1.29, 1.82) is 0 Å². The Kier molecular flexibility index (Phi) is 4.57. The maximum atomic E-state index is 3.62. The van der Waals surface area contributed by atoms with Crippen LogP contribution in [0.3, 0.4) is 0 Å². The third-order valence-electron chi connectivity index (χ3n) is 3.65. The lowest BCUT2D eigenvalue weighted by Crippen LogP contribution is -2.34. The molecule has 0 bridgehead atoms. The van der Waals surface area contributed by atoms with Gasteiger partial charge in [0.1, 0.15) is 0 Å². The highest BCUT2D eigenvalue weighted by Gasteiger charge is 2.37.